The molecule has 0 unspecified atom stereocenters. The van der Waals surface area contributed by atoms with Crippen molar-refractivity contribution in [1.82, 2.24) is 10.3 Å². The number of aliphatic hydroxyl groups is 1. The minimum atomic E-state index is -0.0523. The molecule has 0 amide bonds. The molecule has 112 valence electrons. The predicted molar refractivity (Wildman–Crippen MR) is 90.7 cm³/mol. The SMILES string of the molecule is OC[C@@H](NCc1cnc(-c2ccccc2)s1)c1ccccc1. The van der Waals surface area contributed by atoms with Gasteiger partial charge in [-0.1, -0.05) is 60.7 Å². The first-order valence-electron chi connectivity index (χ1n) is 7.26. The maximum Gasteiger partial charge on any atom is 0.123 e. The Balaban J connectivity index is 1.65. The highest BCUT2D eigenvalue weighted by molar-refractivity contribution is 7.15. The van der Waals surface area contributed by atoms with Crippen molar-refractivity contribution in [1.29, 1.82) is 0 Å². The number of nitrogens with one attached hydrogen (secondary N) is 1. The van der Waals surface area contributed by atoms with E-state index >= 15 is 0 Å². The van der Waals surface area contributed by atoms with Crippen LogP contribution in [0, 0.1) is 0 Å². The Hall–Kier alpha value is -2.01. The van der Waals surface area contributed by atoms with Crippen molar-refractivity contribution < 1.29 is 5.11 Å². The van der Waals surface area contributed by atoms with Gasteiger partial charge in [-0.05, 0) is 5.56 Å². The number of hydrogen-bond acceptors (Lipinski definition) is 4. The standard InChI is InChI=1S/C18H18N2OS/c21-13-17(14-7-3-1-4-8-14)19-11-16-12-20-18(22-16)15-9-5-2-6-10-15/h1-10,12,17,19,21H,11,13H2/t17-/m1/s1. The second-order valence-electron chi connectivity index (χ2n) is 5.02. The average molecular weight is 310 g/mol. The van der Waals surface area contributed by atoms with Crippen molar-refractivity contribution in [3.8, 4) is 10.6 Å². The quantitative estimate of drug-likeness (QED) is 0.731. The van der Waals surface area contributed by atoms with E-state index in [1.807, 2.05) is 54.7 Å². The van der Waals surface area contributed by atoms with E-state index in [1.54, 1.807) is 11.3 Å². The fourth-order valence-electron chi connectivity index (χ4n) is 2.30. The summed E-state index contributed by atoms with van der Waals surface area (Å²) in [5, 5.41) is 14.0. The van der Waals surface area contributed by atoms with Crippen LogP contribution in [-0.4, -0.2) is 16.7 Å². The topological polar surface area (TPSA) is 45.1 Å². The summed E-state index contributed by atoms with van der Waals surface area (Å²) in [5.74, 6) is 0. The van der Waals surface area contributed by atoms with Crippen LogP contribution in [0.2, 0.25) is 0 Å². The number of benzene rings is 2. The lowest BCUT2D eigenvalue weighted by Gasteiger charge is -2.15. The Bertz CT molecular complexity index is 697. The molecule has 3 nitrogen and oxygen atoms in total. The normalized spacial score (nSPS) is 12.2. The predicted octanol–water partition coefficient (Wildman–Crippen LogP) is 3.63. The second-order valence-corrected chi connectivity index (χ2v) is 6.14. The minimum Gasteiger partial charge on any atom is -0.394 e. The van der Waals surface area contributed by atoms with Crippen LogP contribution in [0.5, 0.6) is 0 Å². The van der Waals surface area contributed by atoms with Gasteiger partial charge in [-0.2, -0.15) is 0 Å². The van der Waals surface area contributed by atoms with Gasteiger partial charge in [0.15, 0.2) is 0 Å². The Kier molecular flexibility index (Phi) is 4.96. The lowest BCUT2D eigenvalue weighted by atomic mass is 10.1. The Morgan fingerprint density at radius 3 is 2.36 bits per heavy atom. The number of rotatable bonds is 6. The monoisotopic (exact) mass is 310 g/mol. The molecule has 0 aliphatic carbocycles. The number of aromatic nitrogens is 1. The van der Waals surface area contributed by atoms with Crippen LogP contribution >= 0.6 is 11.3 Å². The van der Waals surface area contributed by atoms with Gasteiger partial charge in [0, 0.05) is 23.2 Å². The third kappa shape index (κ3) is 3.60. The summed E-state index contributed by atoms with van der Waals surface area (Å²) >= 11 is 1.68. The van der Waals surface area contributed by atoms with Crippen molar-refractivity contribution in [2.24, 2.45) is 0 Å². The van der Waals surface area contributed by atoms with E-state index in [1.165, 1.54) is 0 Å². The summed E-state index contributed by atoms with van der Waals surface area (Å²) in [6.45, 7) is 0.777. The first-order valence-corrected chi connectivity index (χ1v) is 8.08. The smallest absolute Gasteiger partial charge is 0.123 e. The van der Waals surface area contributed by atoms with Crippen LogP contribution in [0.1, 0.15) is 16.5 Å². The van der Waals surface area contributed by atoms with E-state index in [2.05, 4.69) is 22.4 Å². The van der Waals surface area contributed by atoms with E-state index in [0.29, 0.717) is 6.54 Å². The van der Waals surface area contributed by atoms with Gasteiger partial charge in [0.05, 0.1) is 12.6 Å². The molecule has 0 spiro atoms. The first kappa shape index (κ1) is 14.9. The van der Waals surface area contributed by atoms with Crippen LogP contribution in [0.4, 0.5) is 0 Å². The summed E-state index contributed by atoms with van der Waals surface area (Å²) in [6, 6.07) is 20.1. The molecule has 0 bridgehead atoms. The van der Waals surface area contributed by atoms with Gasteiger partial charge >= 0.3 is 0 Å². The van der Waals surface area contributed by atoms with Crippen molar-refractivity contribution in [3.05, 3.63) is 77.3 Å². The van der Waals surface area contributed by atoms with Gasteiger partial charge in [0.25, 0.3) is 0 Å². The van der Waals surface area contributed by atoms with Gasteiger partial charge in [0.1, 0.15) is 5.01 Å². The van der Waals surface area contributed by atoms with Crippen molar-refractivity contribution >= 4 is 11.3 Å². The third-order valence-corrected chi connectivity index (χ3v) is 4.53. The maximum atomic E-state index is 9.57. The minimum absolute atomic E-state index is 0.0523. The Labute approximate surface area is 134 Å². The Morgan fingerprint density at radius 2 is 1.68 bits per heavy atom. The van der Waals surface area contributed by atoms with Crippen LogP contribution in [-0.2, 0) is 6.54 Å². The maximum absolute atomic E-state index is 9.57. The molecule has 1 atom stereocenters. The summed E-state index contributed by atoms with van der Waals surface area (Å²) in [7, 11) is 0. The zero-order chi connectivity index (χ0) is 15.2. The third-order valence-electron chi connectivity index (χ3n) is 3.48. The molecule has 1 aromatic heterocycles. The lowest BCUT2D eigenvalue weighted by molar-refractivity contribution is 0.244. The molecular formula is C18H18N2OS. The molecule has 4 heteroatoms. The van der Waals surface area contributed by atoms with Gasteiger partial charge in [0.2, 0.25) is 0 Å². The zero-order valence-electron chi connectivity index (χ0n) is 12.1. The van der Waals surface area contributed by atoms with Crippen molar-refractivity contribution in [2.45, 2.75) is 12.6 Å². The molecule has 2 N–H and O–H groups in total. The molecule has 0 aliphatic rings. The van der Waals surface area contributed by atoms with E-state index in [9.17, 15) is 5.11 Å². The van der Waals surface area contributed by atoms with Crippen LogP contribution in [0.3, 0.4) is 0 Å². The fraction of sp³-hybridized carbons (Fsp3) is 0.167. The zero-order valence-corrected chi connectivity index (χ0v) is 13.0. The van der Waals surface area contributed by atoms with Gasteiger partial charge < -0.3 is 10.4 Å². The van der Waals surface area contributed by atoms with E-state index in [0.717, 1.165) is 21.0 Å². The van der Waals surface area contributed by atoms with Crippen LogP contribution < -0.4 is 5.32 Å². The molecule has 0 fully saturated rings. The molecular weight excluding hydrogens is 292 g/mol. The van der Waals surface area contributed by atoms with Gasteiger partial charge in [-0.25, -0.2) is 4.98 Å². The Morgan fingerprint density at radius 1 is 1.00 bits per heavy atom. The highest BCUT2D eigenvalue weighted by Gasteiger charge is 2.10. The first-order chi connectivity index (χ1) is 10.9. The fourth-order valence-corrected chi connectivity index (χ4v) is 3.17. The molecule has 1 heterocycles. The largest absolute Gasteiger partial charge is 0.394 e. The summed E-state index contributed by atoms with van der Waals surface area (Å²) in [6.07, 6.45) is 1.90. The highest BCUT2D eigenvalue weighted by atomic mass is 32.1. The lowest BCUT2D eigenvalue weighted by Crippen LogP contribution is -2.23. The number of hydrogen-bond donors (Lipinski definition) is 2. The summed E-state index contributed by atoms with van der Waals surface area (Å²) in [4.78, 5) is 5.64. The molecule has 3 rings (SSSR count). The molecule has 0 saturated carbocycles. The average Bonchev–Trinajstić information content (AvgIpc) is 3.06. The number of nitrogens with zero attached hydrogens (tertiary/aromatic N) is 1. The van der Waals surface area contributed by atoms with Crippen molar-refractivity contribution in [3.63, 3.8) is 0 Å². The highest BCUT2D eigenvalue weighted by Crippen LogP contribution is 2.25. The van der Waals surface area contributed by atoms with Crippen molar-refractivity contribution in [2.75, 3.05) is 6.61 Å². The van der Waals surface area contributed by atoms with E-state index in [4.69, 9.17) is 0 Å². The number of thiazole rings is 1. The summed E-state index contributed by atoms with van der Waals surface area (Å²) < 4.78 is 0. The summed E-state index contributed by atoms with van der Waals surface area (Å²) in [5.41, 5.74) is 2.23. The van der Waals surface area contributed by atoms with Gasteiger partial charge in [-0.15, -0.1) is 11.3 Å². The van der Waals surface area contributed by atoms with Crippen LogP contribution in [0.25, 0.3) is 10.6 Å². The molecule has 0 radical (unpaired) electrons. The molecule has 0 saturated heterocycles. The van der Waals surface area contributed by atoms with E-state index in [-0.39, 0.29) is 12.6 Å². The van der Waals surface area contributed by atoms with Crippen LogP contribution in [0.15, 0.2) is 66.9 Å². The molecule has 2 aromatic carbocycles. The second kappa shape index (κ2) is 7.31. The molecule has 3 aromatic rings. The molecule has 22 heavy (non-hydrogen) atoms. The molecule has 0 aliphatic heterocycles. The van der Waals surface area contributed by atoms with E-state index < -0.39 is 0 Å². The van der Waals surface area contributed by atoms with Gasteiger partial charge in [-0.3, -0.25) is 0 Å². The number of aliphatic hydroxyl groups excluding tert-OH is 1.